The number of anilines is 2. The second-order valence-corrected chi connectivity index (χ2v) is 11.1. The number of nitrogens with two attached hydrogens (primary N) is 1. The molecule has 1 fully saturated rings. The molecular formula is C29H30F3N7O3. The average Bonchev–Trinajstić information content (AvgIpc) is 3.33. The van der Waals surface area contributed by atoms with E-state index in [-0.39, 0.29) is 23.1 Å². The number of halogens is 3. The van der Waals surface area contributed by atoms with Gasteiger partial charge in [-0.15, -0.1) is 0 Å². The highest BCUT2D eigenvalue weighted by atomic mass is 19.4. The van der Waals surface area contributed by atoms with Gasteiger partial charge in [0.25, 0.3) is 5.91 Å². The molecular weight excluding hydrogens is 551 g/mol. The lowest BCUT2D eigenvalue weighted by atomic mass is 10.1. The minimum absolute atomic E-state index is 0.206. The van der Waals surface area contributed by atoms with Gasteiger partial charge in [-0.05, 0) is 70.0 Å². The Labute approximate surface area is 239 Å². The first-order chi connectivity index (χ1) is 19.8. The Morgan fingerprint density at radius 3 is 2.50 bits per heavy atom. The van der Waals surface area contributed by atoms with E-state index in [2.05, 4.69) is 15.3 Å². The van der Waals surface area contributed by atoms with E-state index < -0.39 is 29.3 Å². The van der Waals surface area contributed by atoms with Gasteiger partial charge in [-0.2, -0.15) is 18.3 Å². The van der Waals surface area contributed by atoms with Crippen molar-refractivity contribution in [2.45, 2.75) is 51.4 Å². The van der Waals surface area contributed by atoms with Gasteiger partial charge in [0.2, 0.25) is 0 Å². The third-order valence-electron chi connectivity index (χ3n) is 6.78. The van der Waals surface area contributed by atoms with Gasteiger partial charge in [0.05, 0.1) is 17.0 Å². The number of nitrogens with zero attached hydrogens (tertiary/aromatic N) is 5. The second kappa shape index (κ2) is 11.0. The molecule has 1 aliphatic heterocycles. The van der Waals surface area contributed by atoms with E-state index in [1.165, 1.54) is 18.5 Å². The largest absolute Gasteiger partial charge is 0.444 e. The number of fused-ring (bicyclic) bond motifs is 1. The van der Waals surface area contributed by atoms with Crippen molar-refractivity contribution in [3.63, 3.8) is 0 Å². The number of piperidine rings is 1. The third kappa shape index (κ3) is 6.14. The number of carbonyl (C=O) groups is 2. The number of ether oxygens (including phenoxy) is 1. The Kier molecular flexibility index (Phi) is 7.52. The molecule has 0 bridgehead atoms. The molecule has 0 aliphatic carbocycles. The van der Waals surface area contributed by atoms with Crippen molar-refractivity contribution in [2.24, 2.45) is 0 Å². The minimum Gasteiger partial charge on any atom is -0.444 e. The first kappa shape index (κ1) is 28.8. The van der Waals surface area contributed by atoms with E-state index in [0.717, 1.165) is 25.0 Å². The van der Waals surface area contributed by atoms with Gasteiger partial charge in [0.15, 0.2) is 5.65 Å². The second-order valence-electron chi connectivity index (χ2n) is 11.1. The number of hydrogen-bond donors (Lipinski definition) is 2. The molecule has 5 rings (SSSR count). The van der Waals surface area contributed by atoms with Crippen LogP contribution in [0.1, 0.15) is 55.6 Å². The summed E-state index contributed by atoms with van der Waals surface area (Å²) in [6, 6.07) is 10.6. The number of hydrogen-bond acceptors (Lipinski definition) is 7. The van der Waals surface area contributed by atoms with Crippen LogP contribution in [0.2, 0.25) is 0 Å². The Morgan fingerprint density at radius 2 is 1.81 bits per heavy atom. The van der Waals surface area contributed by atoms with Gasteiger partial charge in [0, 0.05) is 29.9 Å². The number of likely N-dealkylation sites (tertiary alicyclic amines) is 1. The SMILES string of the molecule is CC(C)(C)OC(=O)N1CCC[C@@H](n2nc(-c3cccc(C(=O)Nc4ccc(C(F)(F)F)cc4)c3)c3c(N)ncnc32)C1. The van der Waals surface area contributed by atoms with Crippen LogP contribution in [-0.2, 0) is 10.9 Å². The molecule has 0 unspecified atom stereocenters. The molecule has 0 radical (unpaired) electrons. The lowest BCUT2D eigenvalue weighted by Gasteiger charge is -2.34. The smallest absolute Gasteiger partial charge is 0.416 e. The van der Waals surface area contributed by atoms with Crippen LogP contribution in [0.25, 0.3) is 22.3 Å². The predicted molar refractivity (Wildman–Crippen MR) is 151 cm³/mol. The van der Waals surface area contributed by atoms with Crippen LogP contribution in [0, 0.1) is 0 Å². The number of nitrogen functional groups attached to an aromatic ring is 1. The monoisotopic (exact) mass is 581 g/mol. The maximum absolute atomic E-state index is 13.0. The molecule has 220 valence electrons. The van der Waals surface area contributed by atoms with E-state index in [1.807, 2.05) is 20.8 Å². The molecule has 2 aromatic carbocycles. The van der Waals surface area contributed by atoms with Gasteiger partial charge in [-0.25, -0.2) is 19.4 Å². The van der Waals surface area contributed by atoms with Gasteiger partial charge in [-0.3, -0.25) is 4.79 Å². The normalized spacial score (nSPS) is 16.0. The van der Waals surface area contributed by atoms with E-state index in [9.17, 15) is 22.8 Å². The first-order valence-electron chi connectivity index (χ1n) is 13.4. The molecule has 3 N–H and O–H groups in total. The molecule has 1 aliphatic rings. The van der Waals surface area contributed by atoms with Crippen molar-refractivity contribution in [3.05, 3.63) is 66.0 Å². The maximum Gasteiger partial charge on any atom is 0.416 e. The number of alkyl halides is 3. The van der Waals surface area contributed by atoms with Gasteiger partial charge >= 0.3 is 12.3 Å². The van der Waals surface area contributed by atoms with Crippen LogP contribution in [0.15, 0.2) is 54.9 Å². The highest BCUT2D eigenvalue weighted by Gasteiger charge is 2.32. The van der Waals surface area contributed by atoms with Crippen LogP contribution < -0.4 is 11.1 Å². The fourth-order valence-corrected chi connectivity index (χ4v) is 4.85. The molecule has 0 spiro atoms. The van der Waals surface area contributed by atoms with Crippen LogP contribution in [-0.4, -0.2) is 55.3 Å². The third-order valence-corrected chi connectivity index (χ3v) is 6.78. The lowest BCUT2D eigenvalue weighted by Crippen LogP contribution is -2.43. The fourth-order valence-electron chi connectivity index (χ4n) is 4.85. The molecule has 13 heteroatoms. The Balaban J connectivity index is 1.44. The number of rotatable bonds is 4. The first-order valence-corrected chi connectivity index (χ1v) is 13.4. The topological polar surface area (TPSA) is 128 Å². The molecule has 42 heavy (non-hydrogen) atoms. The zero-order chi connectivity index (χ0) is 30.2. The summed E-state index contributed by atoms with van der Waals surface area (Å²) in [6.07, 6.45) is -2.04. The Bertz CT molecular complexity index is 1630. The van der Waals surface area contributed by atoms with E-state index in [1.54, 1.807) is 33.8 Å². The molecule has 2 aromatic heterocycles. The van der Waals surface area contributed by atoms with Crippen molar-refractivity contribution in [1.82, 2.24) is 24.6 Å². The van der Waals surface area contributed by atoms with E-state index in [0.29, 0.717) is 35.4 Å². The summed E-state index contributed by atoms with van der Waals surface area (Å²) in [5, 5.41) is 7.98. The van der Waals surface area contributed by atoms with E-state index >= 15 is 0 Å². The summed E-state index contributed by atoms with van der Waals surface area (Å²) in [5.41, 5.74) is 6.85. The highest BCUT2D eigenvalue weighted by molar-refractivity contribution is 6.06. The van der Waals surface area contributed by atoms with Crippen LogP contribution >= 0.6 is 0 Å². The van der Waals surface area contributed by atoms with Gasteiger partial charge in [-0.1, -0.05) is 12.1 Å². The van der Waals surface area contributed by atoms with Crippen molar-refractivity contribution in [2.75, 3.05) is 24.1 Å². The predicted octanol–water partition coefficient (Wildman–Crippen LogP) is 5.92. The number of benzene rings is 2. The number of carbonyl (C=O) groups excluding carboxylic acids is 2. The number of amides is 2. The zero-order valence-corrected chi connectivity index (χ0v) is 23.3. The summed E-state index contributed by atoms with van der Waals surface area (Å²) in [5.74, 6) is -0.300. The van der Waals surface area contributed by atoms with Crippen molar-refractivity contribution in [3.8, 4) is 11.3 Å². The Morgan fingerprint density at radius 1 is 1.07 bits per heavy atom. The highest BCUT2D eigenvalue weighted by Crippen LogP contribution is 2.35. The number of nitrogens with one attached hydrogen (secondary N) is 1. The number of aromatic nitrogens is 4. The average molecular weight is 582 g/mol. The minimum atomic E-state index is -4.47. The van der Waals surface area contributed by atoms with Crippen LogP contribution in [0.4, 0.5) is 29.5 Å². The van der Waals surface area contributed by atoms with Crippen LogP contribution in [0.3, 0.4) is 0 Å². The maximum atomic E-state index is 13.0. The standard InChI is InChI=1S/C29H30F3N7O3/c1-28(2,3)42-27(41)38-13-5-8-21(15-38)39-25-22(24(33)34-16-35-25)23(37-39)17-6-4-7-18(14-17)26(40)36-20-11-9-19(10-12-20)29(30,31)32/h4,6-7,9-12,14,16,21H,5,8,13,15H2,1-3H3,(H,36,40)(H2,33,34,35)/t21-/m1/s1. The lowest BCUT2D eigenvalue weighted by molar-refractivity contribution is -0.137. The quantitative estimate of drug-likeness (QED) is 0.306. The molecule has 0 saturated carbocycles. The molecule has 4 aromatic rings. The molecule has 2 amide bonds. The van der Waals surface area contributed by atoms with Crippen molar-refractivity contribution < 1.29 is 27.5 Å². The summed E-state index contributed by atoms with van der Waals surface area (Å²) in [7, 11) is 0. The van der Waals surface area contributed by atoms with Crippen LogP contribution in [0.5, 0.6) is 0 Å². The van der Waals surface area contributed by atoms with Gasteiger partial charge < -0.3 is 20.7 Å². The summed E-state index contributed by atoms with van der Waals surface area (Å²) in [4.78, 5) is 36.0. The summed E-state index contributed by atoms with van der Waals surface area (Å²) < 4.78 is 46.0. The fraction of sp³-hybridized carbons (Fsp3) is 0.345. The zero-order valence-electron chi connectivity index (χ0n) is 23.3. The summed E-state index contributed by atoms with van der Waals surface area (Å²) >= 11 is 0. The molecule has 10 nitrogen and oxygen atoms in total. The van der Waals surface area contributed by atoms with Gasteiger partial charge in [0.1, 0.15) is 23.4 Å². The van der Waals surface area contributed by atoms with Crippen molar-refractivity contribution in [1.29, 1.82) is 0 Å². The Hall–Kier alpha value is -4.68. The summed E-state index contributed by atoms with van der Waals surface area (Å²) in [6.45, 7) is 6.38. The molecule has 3 heterocycles. The molecule has 1 atom stereocenters. The van der Waals surface area contributed by atoms with E-state index in [4.69, 9.17) is 15.6 Å². The van der Waals surface area contributed by atoms with Crippen molar-refractivity contribution >= 4 is 34.5 Å². The molecule has 1 saturated heterocycles.